The van der Waals surface area contributed by atoms with Crippen molar-refractivity contribution in [2.75, 3.05) is 19.7 Å². The molecule has 1 aromatic rings. The first-order valence-corrected chi connectivity index (χ1v) is 9.30. The average Bonchev–Trinajstić information content (AvgIpc) is 2.44. The lowest BCUT2D eigenvalue weighted by Crippen LogP contribution is -2.48. The second-order valence-electron chi connectivity index (χ2n) is 5.88. The van der Waals surface area contributed by atoms with Gasteiger partial charge in [0.2, 0.25) is 10.0 Å². The largest absolute Gasteiger partial charge is 0.483 e. The number of hydrogen-bond acceptors (Lipinski definition) is 5. The van der Waals surface area contributed by atoms with Gasteiger partial charge in [-0.1, -0.05) is 11.6 Å². The number of carbonyl (C=O) groups excluding carboxylic acids is 1. The Hall–Kier alpha value is -1.35. The van der Waals surface area contributed by atoms with Crippen LogP contribution in [0.3, 0.4) is 0 Å². The lowest BCUT2D eigenvalue weighted by atomic mass is 10.2. The normalized spacial score (nSPS) is 22.3. The van der Waals surface area contributed by atoms with Crippen LogP contribution in [0.15, 0.2) is 17.0 Å². The lowest BCUT2D eigenvalue weighted by molar-refractivity contribution is -0.119. The van der Waals surface area contributed by atoms with E-state index >= 15 is 0 Å². The third-order valence-corrected chi connectivity index (χ3v) is 5.90. The lowest BCUT2D eigenvalue weighted by Gasteiger charge is -2.34. The van der Waals surface area contributed by atoms with Crippen molar-refractivity contribution in [2.45, 2.75) is 37.9 Å². The van der Waals surface area contributed by atoms with Crippen LogP contribution in [-0.2, 0) is 19.6 Å². The molecule has 1 fully saturated rings. The molecule has 2 N–H and O–H groups in total. The molecule has 0 aliphatic carbocycles. The summed E-state index contributed by atoms with van der Waals surface area (Å²) in [7, 11) is -3.81. The Labute approximate surface area is 146 Å². The summed E-state index contributed by atoms with van der Waals surface area (Å²) in [4.78, 5) is 10.8. The van der Waals surface area contributed by atoms with E-state index in [1.54, 1.807) is 6.92 Å². The number of aryl methyl sites for hydroxylation is 1. The SMILES string of the molecule is Cc1cc(Cl)c(S(=O)(=O)N2C[C@@H](C)O[C@@H](C)C2)cc1OCC(N)=O. The molecule has 134 valence electrons. The van der Waals surface area contributed by atoms with Crippen molar-refractivity contribution in [3.63, 3.8) is 0 Å². The summed E-state index contributed by atoms with van der Waals surface area (Å²) in [6, 6.07) is 2.83. The first kappa shape index (κ1) is 19.0. The smallest absolute Gasteiger partial charge is 0.255 e. The van der Waals surface area contributed by atoms with Gasteiger partial charge in [-0.25, -0.2) is 8.42 Å². The summed E-state index contributed by atoms with van der Waals surface area (Å²) in [5.41, 5.74) is 5.68. The summed E-state index contributed by atoms with van der Waals surface area (Å²) in [5, 5.41) is 0.103. The minimum Gasteiger partial charge on any atom is -0.483 e. The highest BCUT2D eigenvalue weighted by atomic mass is 35.5. The van der Waals surface area contributed by atoms with Crippen LogP contribution in [-0.4, -0.2) is 50.5 Å². The van der Waals surface area contributed by atoms with Gasteiger partial charge in [-0.15, -0.1) is 0 Å². The molecular weight excluding hydrogens is 356 g/mol. The number of halogens is 1. The van der Waals surface area contributed by atoms with E-state index in [2.05, 4.69) is 0 Å². The number of benzene rings is 1. The fourth-order valence-corrected chi connectivity index (χ4v) is 4.76. The molecular formula is C15H21ClN2O5S. The number of carbonyl (C=O) groups is 1. The molecule has 7 nitrogen and oxygen atoms in total. The van der Waals surface area contributed by atoms with E-state index < -0.39 is 15.9 Å². The zero-order valence-corrected chi connectivity index (χ0v) is 15.4. The van der Waals surface area contributed by atoms with Crippen LogP contribution >= 0.6 is 11.6 Å². The molecule has 1 heterocycles. The quantitative estimate of drug-likeness (QED) is 0.835. The molecule has 2 atom stereocenters. The van der Waals surface area contributed by atoms with Gasteiger partial charge in [-0.3, -0.25) is 4.79 Å². The third-order valence-electron chi connectivity index (χ3n) is 3.60. The van der Waals surface area contributed by atoms with Gasteiger partial charge in [0.1, 0.15) is 10.6 Å². The monoisotopic (exact) mass is 376 g/mol. The summed E-state index contributed by atoms with van der Waals surface area (Å²) in [6.07, 6.45) is -0.420. The second kappa shape index (κ2) is 7.26. The number of morpholine rings is 1. The van der Waals surface area contributed by atoms with Gasteiger partial charge in [0, 0.05) is 19.2 Å². The van der Waals surface area contributed by atoms with Gasteiger partial charge < -0.3 is 15.2 Å². The summed E-state index contributed by atoms with van der Waals surface area (Å²) in [5.74, 6) is -0.393. The molecule has 1 aromatic carbocycles. The van der Waals surface area contributed by atoms with Crippen molar-refractivity contribution in [3.05, 3.63) is 22.7 Å². The third kappa shape index (κ3) is 4.18. The number of rotatable bonds is 5. The number of primary amides is 1. The topological polar surface area (TPSA) is 98.9 Å². The number of amides is 1. The van der Waals surface area contributed by atoms with Gasteiger partial charge in [0.05, 0.1) is 17.2 Å². The van der Waals surface area contributed by atoms with Crippen molar-refractivity contribution < 1.29 is 22.7 Å². The van der Waals surface area contributed by atoms with E-state index in [0.717, 1.165) is 0 Å². The highest BCUT2D eigenvalue weighted by Crippen LogP contribution is 2.32. The maximum absolute atomic E-state index is 12.9. The Bertz CT molecular complexity index is 728. The molecule has 0 aromatic heterocycles. The molecule has 1 aliphatic rings. The summed E-state index contributed by atoms with van der Waals surface area (Å²) in [6.45, 7) is 5.49. The van der Waals surface area contributed by atoms with Crippen LogP contribution < -0.4 is 10.5 Å². The van der Waals surface area contributed by atoms with Gasteiger partial charge >= 0.3 is 0 Å². The average molecular weight is 377 g/mol. The fourth-order valence-electron chi connectivity index (χ4n) is 2.60. The Morgan fingerprint density at radius 2 is 1.96 bits per heavy atom. The molecule has 1 saturated heterocycles. The van der Waals surface area contributed by atoms with Gasteiger partial charge in [0.15, 0.2) is 6.61 Å². The van der Waals surface area contributed by atoms with Crippen molar-refractivity contribution in [1.29, 1.82) is 0 Å². The Morgan fingerprint density at radius 3 is 2.50 bits per heavy atom. The van der Waals surface area contributed by atoms with Crippen LogP contribution in [0.4, 0.5) is 0 Å². The summed E-state index contributed by atoms with van der Waals surface area (Å²) >= 11 is 6.16. The molecule has 0 unspecified atom stereocenters. The predicted molar refractivity (Wildman–Crippen MR) is 89.6 cm³/mol. The molecule has 2 rings (SSSR count). The highest BCUT2D eigenvalue weighted by Gasteiger charge is 2.34. The molecule has 0 spiro atoms. The van der Waals surface area contributed by atoms with Crippen molar-refractivity contribution in [3.8, 4) is 5.75 Å². The number of hydrogen-bond donors (Lipinski definition) is 1. The number of nitrogens with two attached hydrogens (primary N) is 1. The van der Waals surface area contributed by atoms with Crippen molar-refractivity contribution >= 4 is 27.5 Å². The van der Waals surface area contributed by atoms with Gasteiger partial charge in [-0.05, 0) is 32.4 Å². The Balaban J connectivity index is 2.38. The van der Waals surface area contributed by atoms with Crippen LogP contribution in [0, 0.1) is 6.92 Å². The first-order chi connectivity index (χ1) is 11.1. The van der Waals surface area contributed by atoms with Crippen molar-refractivity contribution in [2.24, 2.45) is 5.73 Å². The number of sulfonamides is 1. The van der Waals surface area contributed by atoms with E-state index in [1.165, 1.54) is 16.4 Å². The van der Waals surface area contributed by atoms with Crippen LogP contribution in [0.25, 0.3) is 0 Å². The predicted octanol–water partition coefficient (Wildman–Crippen LogP) is 1.31. The minimum absolute atomic E-state index is 0.0597. The van der Waals surface area contributed by atoms with E-state index in [1.807, 2.05) is 13.8 Å². The molecule has 1 aliphatic heterocycles. The molecule has 1 amide bonds. The van der Waals surface area contributed by atoms with E-state index in [0.29, 0.717) is 5.56 Å². The fraction of sp³-hybridized carbons (Fsp3) is 0.533. The maximum Gasteiger partial charge on any atom is 0.255 e. The van der Waals surface area contributed by atoms with E-state index in [-0.39, 0.29) is 47.6 Å². The van der Waals surface area contributed by atoms with Crippen LogP contribution in [0.2, 0.25) is 5.02 Å². The minimum atomic E-state index is -3.81. The summed E-state index contributed by atoms with van der Waals surface area (Å²) < 4.78 is 38.1. The molecule has 24 heavy (non-hydrogen) atoms. The zero-order valence-electron chi connectivity index (χ0n) is 13.8. The van der Waals surface area contributed by atoms with Crippen LogP contribution in [0.5, 0.6) is 5.75 Å². The molecule has 0 bridgehead atoms. The van der Waals surface area contributed by atoms with E-state index in [4.69, 9.17) is 26.8 Å². The molecule has 0 radical (unpaired) electrons. The first-order valence-electron chi connectivity index (χ1n) is 7.48. The second-order valence-corrected chi connectivity index (χ2v) is 8.20. The Kier molecular flexibility index (Phi) is 5.74. The maximum atomic E-state index is 12.9. The highest BCUT2D eigenvalue weighted by molar-refractivity contribution is 7.89. The number of nitrogens with zero attached hydrogens (tertiary/aromatic N) is 1. The van der Waals surface area contributed by atoms with E-state index in [9.17, 15) is 13.2 Å². The number of ether oxygens (including phenoxy) is 2. The zero-order chi connectivity index (χ0) is 18.1. The van der Waals surface area contributed by atoms with Crippen molar-refractivity contribution in [1.82, 2.24) is 4.31 Å². The van der Waals surface area contributed by atoms with Gasteiger partial charge in [-0.2, -0.15) is 4.31 Å². The van der Waals surface area contributed by atoms with Gasteiger partial charge in [0.25, 0.3) is 5.91 Å². The molecule has 0 saturated carbocycles. The molecule has 9 heteroatoms. The van der Waals surface area contributed by atoms with Crippen LogP contribution in [0.1, 0.15) is 19.4 Å². The standard InChI is InChI=1S/C15H21ClN2O5S/c1-9-4-12(16)14(5-13(9)22-8-15(17)19)24(20,21)18-6-10(2)23-11(3)7-18/h4-5,10-11H,6-8H2,1-3H3,(H2,17,19)/t10-,11+. The Morgan fingerprint density at radius 1 is 1.38 bits per heavy atom.